The molecule has 1 amide bonds. The van der Waals surface area contributed by atoms with Crippen LogP contribution < -0.4 is 0 Å². The number of hydrazone groups is 1. The molecule has 4 rings (SSSR count). The van der Waals surface area contributed by atoms with Gasteiger partial charge in [0.1, 0.15) is 17.2 Å². The van der Waals surface area contributed by atoms with Crippen LogP contribution in [0.15, 0.2) is 53.8 Å². The molecule has 6 nitrogen and oxygen atoms in total. The Morgan fingerprint density at radius 3 is 2.59 bits per heavy atom. The SMILES string of the molecule is C=C(CCC(=O)N1N=CCC1c1cc(F)cc(F)c1)Cn1ncc2nc(C)ccc21.CC. The molecular formula is C24H27F2N5O. The van der Waals surface area contributed by atoms with Gasteiger partial charge in [0.2, 0.25) is 5.91 Å². The van der Waals surface area contributed by atoms with Gasteiger partial charge in [-0.1, -0.05) is 26.0 Å². The van der Waals surface area contributed by atoms with Crippen molar-refractivity contribution in [3.63, 3.8) is 0 Å². The standard InChI is InChI=1S/C22H21F2N5O.C2H6/c1-14(13-28-21-5-4-15(2)27-19(21)12-26-28)3-6-22(30)29-20(7-8-25-29)16-9-17(23)11-18(24)10-16;1-2/h4-5,8-12,20H,1,3,6-7,13H2,2H3;1-2H3. The second-order valence-electron chi connectivity index (χ2n) is 7.40. The molecule has 3 aromatic rings. The van der Waals surface area contributed by atoms with Gasteiger partial charge in [-0.2, -0.15) is 10.2 Å². The number of aryl methyl sites for hydroxylation is 1. The van der Waals surface area contributed by atoms with Crippen LogP contribution in [-0.2, 0) is 11.3 Å². The third kappa shape index (κ3) is 5.25. The van der Waals surface area contributed by atoms with Crippen molar-refractivity contribution in [2.75, 3.05) is 0 Å². The summed E-state index contributed by atoms with van der Waals surface area (Å²) >= 11 is 0. The van der Waals surface area contributed by atoms with Gasteiger partial charge in [0, 0.05) is 30.8 Å². The van der Waals surface area contributed by atoms with E-state index in [1.54, 1.807) is 17.1 Å². The molecule has 0 spiro atoms. The number of carbonyl (C=O) groups is 1. The van der Waals surface area contributed by atoms with Crippen LogP contribution in [0.25, 0.3) is 11.0 Å². The van der Waals surface area contributed by atoms with E-state index in [1.165, 1.54) is 17.1 Å². The highest BCUT2D eigenvalue weighted by Crippen LogP contribution is 2.30. The minimum Gasteiger partial charge on any atom is -0.273 e. The quantitative estimate of drug-likeness (QED) is 0.487. The molecule has 2 aromatic heterocycles. The van der Waals surface area contributed by atoms with Crippen molar-refractivity contribution in [2.45, 2.75) is 52.6 Å². The fraction of sp³-hybridized carbons (Fsp3) is 0.333. The van der Waals surface area contributed by atoms with E-state index in [-0.39, 0.29) is 12.3 Å². The molecule has 0 aliphatic carbocycles. The molecule has 8 heteroatoms. The highest BCUT2D eigenvalue weighted by atomic mass is 19.1. The fourth-order valence-electron chi connectivity index (χ4n) is 3.58. The second kappa shape index (κ2) is 10.3. The number of rotatable bonds is 6. The number of amides is 1. The maximum absolute atomic E-state index is 13.6. The van der Waals surface area contributed by atoms with E-state index in [2.05, 4.69) is 21.8 Å². The van der Waals surface area contributed by atoms with Crippen molar-refractivity contribution in [1.29, 1.82) is 0 Å². The normalized spacial score (nSPS) is 15.0. The number of halogens is 2. The number of pyridine rings is 1. The number of nitrogens with zero attached hydrogens (tertiary/aromatic N) is 5. The molecule has 1 aromatic carbocycles. The number of fused-ring (bicyclic) bond motifs is 1. The van der Waals surface area contributed by atoms with E-state index in [0.717, 1.165) is 28.4 Å². The van der Waals surface area contributed by atoms with Gasteiger partial charge in [-0.25, -0.2) is 18.8 Å². The van der Waals surface area contributed by atoms with Gasteiger partial charge in [-0.05, 0) is 43.2 Å². The van der Waals surface area contributed by atoms with Crippen LogP contribution in [0.1, 0.15) is 50.4 Å². The number of carbonyl (C=O) groups excluding carboxylic acids is 1. The van der Waals surface area contributed by atoms with Crippen LogP contribution >= 0.6 is 0 Å². The Labute approximate surface area is 186 Å². The molecule has 0 N–H and O–H groups in total. The van der Waals surface area contributed by atoms with Crippen LogP contribution in [0.2, 0.25) is 0 Å². The molecule has 0 saturated carbocycles. The molecule has 0 fully saturated rings. The number of benzene rings is 1. The fourth-order valence-corrected chi connectivity index (χ4v) is 3.58. The van der Waals surface area contributed by atoms with Gasteiger partial charge in [0.05, 0.1) is 24.3 Å². The van der Waals surface area contributed by atoms with Crippen molar-refractivity contribution in [1.82, 2.24) is 19.8 Å². The zero-order valence-corrected chi connectivity index (χ0v) is 18.6. The number of hydrogen-bond acceptors (Lipinski definition) is 4. The summed E-state index contributed by atoms with van der Waals surface area (Å²) in [7, 11) is 0. The summed E-state index contributed by atoms with van der Waals surface area (Å²) in [6.45, 7) is 10.5. The monoisotopic (exact) mass is 439 g/mol. The third-order valence-corrected chi connectivity index (χ3v) is 5.06. The third-order valence-electron chi connectivity index (χ3n) is 5.06. The first-order valence-corrected chi connectivity index (χ1v) is 10.7. The van der Waals surface area contributed by atoms with Gasteiger partial charge in [-0.15, -0.1) is 0 Å². The predicted octanol–water partition coefficient (Wildman–Crippen LogP) is 5.34. The minimum absolute atomic E-state index is 0.195. The van der Waals surface area contributed by atoms with Crippen molar-refractivity contribution in [3.8, 4) is 0 Å². The van der Waals surface area contributed by atoms with Gasteiger partial charge < -0.3 is 0 Å². The first kappa shape index (κ1) is 23.2. The predicted molar refractivity (Wildman–Crippen MR) is 121 cm³/mol. The lowest BCUT2D eigenvalue weighted by Crippen LogP contribution is -2.27. The maximum atomic E-state index is 13.6. The lowest BCUT2D eigenvalue weighted by atomic mass is 10.0. The summed E-state index contributed by atoms with van der Waals surface area (Å²) < 4.78 is 28.9. The smallest absolute Gasteiger partial charge is 0.243 e. The van der Waals surface area contributed by atoms with E-state index in [4.69, 9.17) is 0 Å². The summed E-state index contributed by atoms with van der Waals surface area (Å²) in [5, 5.41) is 9.77. The molecular weight excluding hydrogens is 412 g/mol. The highest BCUT2D eigenvalue weighted by molar-refractivity contribution is 5.80. The van der Waals surface area contributed by atoms with E-state index in [9.17, 15) is 13.6 Å². The number of allylic oxidation sites excluding steroid dienone is 1. The molecule has 1 unspecified atom stereocenters. The molecule has 1 aliphatic heterocycles. The summed E-state index contributed by atoms with van der Waals surface area (Å²) in [5.41, 5.74) is 3.87. The lowest BCUT2D eigenvalue weighted by Gasteiger charge is -2.22. The number of aromatic nitrogens is 3. The molecule has 32 heavy (non-hydrogen) atoms. The molecule has 0 bridgehead atoms. The van der Waals surface area contributed by atoms with Crippen molar-refractivity contribution in [3.05, 3.63) is 71.6 Å². The first-order chi connectivity index (χ1) is 15.4. The summed E-state index contributed by atoms with van der Waals surface area (Å²) in [5.74, 6) is -1.56. The zero-order valence-electron chi connectivity index (χ0n) is 18.6. The summed E-state index contributed by atoms with van der Waals surface area (Å²) in [6.07, 6.45) is 4.37. The second-order valence-corrected chi connectivity index (χ2v) is 7.40. The average Bonchev–Trinajstić information content (AvgIpc) is 3.40. The van der Waals surface area contributed by atoms with Crippen molar-refractivity contribution < 1.29 is 13.6 Å². The summed E-state index contributed by atoms with van der Waals surface area (Å²) in [6, 6.07) is 6.67. The largest absolute Gasteiger partial charge is 0.273 e. The Balaban J connectivity index is 0.00000141. The van der Waals surface area contributed by atoms with Crippen LogP contribution in [0.4, 0.5) is 8.78 Å². The maximum Gasteiger partial charge on any atom is 0.243 e. The van der Waals surface area contributed by atoms with Crippen LogP contribution in [0, 0.1) is 18.6 Å². The van der Waals surface area contributed by atoms with Crippen molar-refractivity contribution in [2.24, 2.45) is 5.10 Å². The Morgan fingerprint density at radius 1 is 1.16 bits per heavy atom. The van der Waals surface area contributed by atoms with E-state index < -0.39 is 17.7 Å². The molecule has 1 aliphatic rings. The van der Waals surface area contributed by atoms with Gasteiger partial charge in [0.15, 0.2) is 0 Å². The highest BCUT2D eigenvalue weighted by Gasteiger charge is 2.28. The Hall–Kier alpha value is -3.42. The van der Waals surface area contributed by atoms with Gasteiger partial charge >= 0.3 is 0 Å². The number of hydrogen-bond donors (Lipinski definition) is 0. The lowest BCUT2D eigenvalue weighted by molar-refractivity contribution is -0.133. The van der Waals surface area contributed by atoms with Crippen LogP contribution in [0.5, 0.6) is 0 Å². The first-order valence-electron chi connectivity index (χ1n) is 10.7. The Kier molecular flexibility index (Phi) is 7.45. The molecule has 0 saturated heterocycles. The van der Waals surface area contributed by atoms with E-state index in [1.807, 2.05) is 32.9 Å². The molecule has 3 heterocycles. The Morgan fingerprint density at radius 2 is 1.88 bits per heavy atom. The average molecular weight is 440 g/mol. The van der Waals surface area contributed by atoms with Gasteiger partial charge in [-0.3, -0.25) is 9.48 Å². The topological polar surface area (TPSA) is 63.4 Å². The molecule has 168 valence electrons. The van der Waals surface area contributed by atoms with Crippen LogP contribution in [-0.4, -0.2) is 31.9 Å². The Bertz CT molecular complexity index is 1130. The molecule has 0 radical (unpaired) electrons. The van der Waals surface area contributed by atoms with Crippen molar-refractivity contribution >= 4 is 23.2 Å². The minimum atomic E-state index is -0.672. The van der Waals surface area contributed by atoms with E-state index in [0.29, 0.717) is 24.9 Å². The van der Waals surface area contributed by atoms with Crippen LogP contribution in [0.3, 0.4) is 0 Å². The molecule has 1 atom stereocenters. The summed E-state index contributed by atoms with van der Waals surface area (Å²) in [4.78, 5) is 17.1. The van der Waals surface area contributed by atoms with E-state index >= 15 is 0 Å². The van der Waals surface area contributed by atoms with Gasteiger partial charge in [0.25, 0.3) is 0 Å². The zero-order chi connectivity index (χ0) is 23.3.